The van der Waals surface area contributed by atoms with E-state index in [0.717, 1.165) is 15.0 Å². The maximum atomic E-state index is 12.9. The lowest BCUT2D eigenvalue weighted by Crippen LogP contribution is -2.11. The molecule has 0 bridgehead atoms. The monoisotopic (exact) mass is 424 g/mol. The lowest BCUT2D eigenvalue weighted by Gasteiger charge is -2.10. The first-order valence-electron chi connectivity index (χ1n) is 8.77. The predicted octanol–water partition coefficient (Wildman–Crippen LogP) is 4.16. The van der Waals surface area contributed by atoms with Gasteiger partial charge in [-0.25, -0.2) is 9.50 Å². The van der Waals surface area contributed by atoms with E-state index in [-0.39, 0.29) is 25.2 Å². The molecule has 0 spiro atoms. The van der Waals surface area contributed by atoms with Crippen LogP contribution in [0.2, 0.25) is 0 Å². The molecule has 29 heavy (non-hydrogen) atoms. The van der Waals surface area contributed by atoms with Crippen molar-refractivity contribution >= 4 is 23.5 Å². The third-order valence-electron chi connectivity index (χ3n) is 4.44. The van der Waals surface area contributed by atoms with E-state index in [1.807, 2.05) is 30.5 Å². The van der Waals surface area contributed by atoms with Gasteiger partial charge in [0.05, 0.1) is 0 Å². The average molecular weight is 424 g/mol. The molecular formula is C19H19F3N4O2S. The number of carbonyl (C=O) groups excluding carboxylic acids is 1. The summed E-state index contributed by atoms with van der Waals surface area (Å²) in [4.78, 5) is 20.8. The van der Waals surface area contributed by atoms with Crippen molar-refractivity contribution in [3.63, 3.8) is 0 Å². The highest BCUT2D eigenvalue weighted by atomic mass is 32.2. The van der Waals surface area contributed by atoms with Gasteiger partial charge in [-0.05, 0) is 49.8 Å². The van der Waals surface area contributed by atoms with Crippen LogP contribution in [-0.4, -0.2) is 31.8 Å². The number of nitrogens with zero attached hydrogens (tertiary/aromatic N) is 4. The van der Waals surface area contributed by atoms with Crippen LogP contribution in [0, 0.1) is 13.8 Å². The third-order valence-corrected chi connectivity index (χ3v) is 5.18. The number of ether oxygens (including phenoxy) is 1. The van der Waals surface area contributed by atoms with Crippen LogP contribution in [0.15, 0.2) is 29.2 Å². The molecule has 0 radical (unpaired) electrons. The fourth-order valence-electron chi connectivity index (χ4n) is 2.88. The second kappa shape index (κ2) is 8.40. The number of aryl methyl sites for hydroxylation is 2. The zero-order valence-corrected chi connectivity index (χ0v) is 16.9. The van der Waals surface area contributed by atoms with Crippen LogP contribution in [0.4, 0.5) is 13.2 Å². The highest BCUT2D eigenvalue weighted by Gasteiger charge is 2.36. The van der Waals surface area contributed by atoms with E-state index < -0.39 is 18.0 Å². The molecule has 0 aliphatic heterocycles. The van der Waals surface area contributed by atoms with Crippen LogP contribution in [-0.2, 0) is 28.7 Å². The van der Waals surface area contributed by atoms with Crippen LogP contribution in [0.3, 0.4) is 0 Å². The molecule has 154 valence electrons. The van der Waals surface area contributed by atoms with E-state index >= 15 is 0 Å². The molecule has 10 heteroatoms. The van der Waals surface area contributed by atoms with Gasteiger partial charge in [0.15, 0.2) is 0 Å². The van der Waals surface area contributed by atoms with Crippen molar-refractivity contribution in [3.8, 4) is 0 Å². The summed E-state index contributed by atoms with van der Waals surface area (Å²) in [5.74, 6) is -1.75. The fraction of sp³-hybridized carbons (Fsp3) is 0.368. The Morgan fingerprint density at radius 2 is 1.86 bits per heavy atom. The zero-order chi connectivity index (χ0) is 21.2. The first-order chi connectivity index (χ1) is 13.7. The average Bonchev–Trinajstić information content (AvgIpc) is 3.11. The van der Waals surface area contributed by atoms with Crippen molar-refractivity contribution in [2.45, 2.75) is 44.4 Å². The molecule has 0 aliphatic carbocycles. The molecular weight excluding hydrogens is 405 g/mol. The van der Waals surface area contributed by atoms with Gasteiger partial charge in [-0.2, -0.15) is 18.2 Å². The minimum absolute atomic E-state index is 0.0819. The summed E-state index contributed by atoms with van der Waals surface area (Å²) < 4.78 is 44.9. The highest BCUT2D eigenvalue weighted by Crippen LogP contribution is 2.27. The minimum atomic E-state index is -4.65. The van der Waals surface area contributed by atoms with E-state index in [1.165, 1.54) is 0 Å². The Hall–Kier alpha value is -2.62. The number of hydrogen-bond donors (Lipinski definition) is 0. The summed E-state index contributed by atoms with van der Waals surface area (Å²) >= 11 is 1.63. The molecule has 0 unspecified atom stereocenters. The topological polar surface area (TPSA) is 69.4 Å². The second-order valence-corrected chi connectivity index (χ2v) is 7.29. The Balaban J connectivity index is 1.66. The molecule has 0 aliphatic rings. The normalized spacial score (nSPS) is 11.8. The van der Waals surface area contributed by atoms with Crippen molar-refractivity contribution in [3.05, 3.63) is 52.6 Å². The molecule has 0 amide bonds. The van der Waals surface area contributed by atoms with Crippen LogP contribution in [0.1, 0.15) is 34.8 Å². The Kier molecular flexibility index (Phi) is 6.11. The fourth-order valence-corrected chi connectivity index (χ4v) is 3.28. The van der Waals surface area contributed by atoms with Crippen LogP contribution in [0.5, 0.6) is 0 Å². The SMILES string of the molecule is CSc1ccc(COC(=O)CCc2c(C)nc3nc(C(F)(F)F)nn3c2C)cc1. The second-order valence-electron chi connectivity index (χ2n) is 6.41. The molecule has 0 N–H and O–H groups in total. The molecule has 1 aromatic carbocycles. The smallest absolute Gasteiger partial charge is 0.453 e. The number of rotatable bonds is 6. The van der Waals surface area contributed by atoms with Crippen LogP contribution < -0.4 is 0 Å². The number of fused-ring (bicyclic) bond motifs is 1. The molecule has 2 heterocycles. The van der Waals surface area contributed by atoms with Gasteiger partial charge in [0.25, 0.3) is 11.6 Å². The zero-order valence-electron chi connectivity index (χ0n) is 16.1. The summed E-state index contributed by atoms with van der Waals surface area (Å²) in [7, 11) is 0. The number of esters is 1. The number of hydrogen-bond acceptors (Lipinski definition) is 6. The first kappa shape index (κ1) is 21.1. The highest BCUT2D eigenvalue weighted by molar-refractivity contribution is 7.98. The number of halogens is 3. The van der Waals surface area contributed by atoms with Crippen LogP contribution >= 0.6 is 11.8 Å². The van der Waals surface area contributed by atoms with E-state index in [9.17, 15) is 18.0 Å². The van der Waals surface area contributed by atoms with Gasteiger partial charge in [0, 0.05) is 22.7 Å². The van der Waals surface area contributed by atoms with Gasteiger partial charge < -0.3 is 4.74 Å². The summed E-state index contributed by atoms with van der Waals surface area (Å²) in [5, 5.41) is 3.50. The van der Waals surface area contributed by atoms with Crippen molar-refractivity contribution in [1.82, 2.24) is 19.6 Å². The molecule has 3 rings (SSSR count). The van der Waals surface area contributed by atoms with Crippen molar-refractivity contribution < 1.29 is 22.7 Å². The Morgan fingerprint density at radius 3 is 2.48 bits per heavy atom. The van der Waals surface area contributed by atoms with Gasteiger partial charge in [0.1, 0.15) is 6.61 Å². The van der Waals surface area contributed by atoms with Gasteiger partial charge in [-0.3, -0.25) is 4.79 Å². The molecule has 3 aromatic rings. The standard InChI is InChI=1S/C19H19F3N4O2S/c1-11-15(12(2)26-18(23-11)24-17(25-26)19(20,21)22)8-9-16(27)28-10-13-4-6-14(29-3)7-5-13/h4-7H,8-10H2,1-3H3. The molecule has 0 saturated carbocycles. The lowest BCUT2D eigenvalue weighted by atomic mass is 10.1. The maximum Gasteiger partial charge on any atom is 0.453 e. The van der Waals surface area contributed by atoms with Crippen molar-refractivity contribution in [2.75, 3.05) is 6.26 Å². The number of carbonyl (C=O) groups is 1. The number of benzene rings is 1. The molecule has 2 aromatic heterocycles. The summed E-state index contributed by atoms with van der Waals surface area (Å²) in [5.41, 5.74) is 2.51. The largest absolute Gasteiger partial charge is 0.461 e. The van der Waals surface area contributed by atoms with Crippen LogP contribution in [0.25, 0.3) is 5.78 Å². The molecule has 0 fully saturated rings. The molecule has 0 atom stereocenters. The van der Waals surface area contributed by atoms with E-state index in [1.54, 1.807) is 25.6 Å². The van der Waals surface area contributed by atoms with E-state index in [4.69, 9.17) is 4.74 Å². The number of aromatic nitrogens is 4. The van der Waals surface area contributed by atoms with Gasteiger partial charge in [-0.15, -0.1) is 16.9 Å². The van der Waals surface area contributed by atoms with E-state index in [0.29, 0.717) is 17.0 Å². The first-order valence-corrected chi connectivity index (χ1v) is 10.00. The quantitative estimate of drug-likeness (QED) is 0.437. The van der Waals surface area contributed by atoms with Gasteiger partial charge in [-0.1, -0.05) is 12.1 Å². The van der Waals surface area contributed by atoms with Gasteiger partial charge >= 0.3 is 12.1 Å². The molecule has 0 saturated heterocycles. The Labute approximate surface area is 169 Å². The third kappa shape index (κ3) is 4.87. The van der Waals surface area contributed by atoms with Crippen molar-refractivity contribution in [1.29, 1.82) is 0 Å². The summed E-state index contributed by atoms with van der Waals surface area (Å²) in [6.45, 7) is 3.47. The van der Waals surface area contributed by atoms with E-state index in [2.05, 4.69) is 15.1 Å². The Morgan fingerprint density at radius 1 is 1.17 bits per heavy atom. The predicted molar refractivity (Wildman–Crippen MR) is 102 cm³/mol. The summed E-state index contributed by atoms with van der Waals surface area (Å²) in [6.07, 6.45) is -2.30. The maximum absolute atomic E-state index is 12.9. The molecule has 6 nitrogen and oxygen atoms in total. The number of alkyl halides is 3. The Bertz CT molecular complexity index is 1030. The van der Waals surface area contributed by atoms with Gasteiger partial charge in [0.2, 0.25) is 0 Å². The van der Waals surface area contributed by atoms with Crippen molar-refractivity contribution in [2.24, 2.45) is 0 Å². The number of thioether (sulfide) groups is 1. The minimum Gasteiger partial charge on any atom is -0.461 e. The summed E-state index contributed by atoms with van der Waals surface area (Å²) in [6, 6.07) is 7.70. The lowest BCUT2D eigenvalue weighted by molar-refractivity contribution is -0.145.